The van der Waals surface area contributed by atoms with E-state index in [0.717, 1.165) is 18.7 Å². The van der Waals surface area contributed by atoms with E-state index in [1.54, 1.807) is 6.07 Å². The van der Waals surface area contributed by atoms with Crippen LogP contribution in [0.1, 0.15) is 32.4 Å². The van der Waals surface area contributed by atoms with E-state index in [9.17, 15) is 9.50 Å². The monoisotopic (exact) mass is 268 g/mol. The number of hydrogen-bond acceptors (Lipinski definition) is 3. The van der Waals surface area contributed by atoms with Gasteiger partial charge in [-0.2, -0.15) is 0 Å². The van der Waals surface area contributed by atoms with E-state index in [1.165, 1.54) is 12.1 Å². The van der Waals surface area contributed by atoms with Crippen molar-refractivity contribution in [2.75, 3.05) is 26.2 Å². The molecule has 0 saturated carbocycles. The first kappa shape index (κ1) is 16.1. The normalized spacial score (nSPS) is 14.6. The van der Waals surface area contributed by atoms with Crippen molar-refractivity contribution in [1.82, 2.24) is 10.2 Å². The Bertz CT molecular complexity index is 369. The standard InChI is InChI=1S/C15H25FN2O/c1-4-18(5-2)11-15(19)10-17-12(3)13-7-6-8-14(16)9-13/h6-9,12,15,17,19H,4-5,10-11H2,1-3H3/t12-,15?/m1/s1. The van der Waals surface area contributed by atoms with Crippen LogP contribution in [0.15, 0.2) is 24.3 Å². The Hall–Kier alpha value is -0.970. The highest BCUT2D eigenvalue weighted by atomic mass is 19.1. The van der Waals surface area contributed by atoms with Gasteiger partial charge in [0.2, 0.25) is 0 Å². The largest absolute Gasteiger partial charge is 0.390 e. The topological polar surface area (TPSA) is 35.5 Å². The molecule has 0 amide bonds. The van der Waals surface area contributed by atoms with Crippen molar-refractivity contribution < 1.29 is 9.50 Å². The summed E-state index contributed by atoms with van der Waals surface area (Å²) in [5.74, 6) is -0.227. The molecule has 4 heteroatoms. The average molecular weight is 268 g/mol. The maximum absolute atomic E-state index is 13.1. The highest BCUT2D eigenvalue weighted by Crippen LogP contribution is 2.13. The molecule has 1 unspecified atom stereocenters. The zero-order valence-corrected chi connectivity index (χ0v) is 12.1. The van der Waals surface area contributed by atoms with Gasteiger partial charge in [-0.25, -0.2) is 4.39 Å². The Morgan fingerprint density at radius 3 is 2.58 bits per heavy atom. The van der Waals surface area contributed by atoms with Gasteiger partial charge < -0.3 is 15.3 Å². The summed E-state index contributed by atoms with van der Waals surface area (Å²) in [5.41, 5.74) is 0.898. The minimum absolute atomic E-state index is 0.0297. The van der Waals surface area contributed by atoms with Crippen LogP contribution in [0.4, 0.5) is 4.39 Å². The third-order valence-corrected chi connectivity index (χ3v) is 3.37. The number of benzene rings is 1. The molecule has 0 aliphatic rings. The first-order valence-corrected chi connectivity index (χ1v) is 6.96. The summed E-state index contributed by atoms with van der Waals surface area (Å²) in [4.78, 5) is 2.18. The fraction of sp³-hybridized carbons (Fsp3) is 0.600. The molecule has 0 aliphatic heterocycles. The number of halogens is 1. The van der Waals surface area contributed by atoms with Crippen LogP contribution in [0, 0.1) is 5.82 Å². The first-order valence-electron chi connectivity index (χ1n) is 6.96. The lowest BCUT2D eigenvalue weighted by molar-refractivity contribution is 0.114. The molecule has 19 heavy (non-hydrogen) atoms. The molecule has 108 valence electrons. The number of likely N-dealkylation sites (N-methyl/N-ethyl adjacent to an activating group) is 1. The van der Waals surface area contributed by atoms with Gasteiger partial charge in [0.05, 0.1) is 6.10 Å². The molecule has 0 heterocycles. The van der Waals surface area contributed by atoms with Crippen LogP contribution in [-0.2, 0) is 0 Å². The second-order valence-corrected chi connectivity index (χ2v) is 4.82. The fourth-order valence-corrected chi connectivity index (χ4v) is 2.05. The first-order chi connectivity index (χ1) is 9.06. The fourth-order valence-electron chi connectivity index (χ4n) is 2.05. The maximum Gasteiger partial charge on any atom is 0.123 e. The zero-order valence-electron chi connectivity index (χ0n) is 12.1. The van der Waals surface area contributed by atoms with Crippen molar-refractivity contribution in [1.29, 1.82) is 0 Å². The molecule has 0 saturated heterocycles. The van der Waals surface area contributed by atoms with Gasteiger partial charge in [0.1, 0.15) is 5.82 Å². The summed E-state index contributed by atoms with van der Waals surface area (Å²) in [6.45, 7) is 9.18. The molecule has 2 N–H and O–H groups in total. The van der Waals surface area contributed by atoms with Crippen molar-refractivity contribution in [3.63, 3.8) is 0 Å². The van der Waals surface area contributed by atoms with Crippen LogP contribution < -0.4 is 5.32 Å². The van der Waals surface area contributed by atoms with Crippen molar-refractivity contribution in [2.24, 2.45) is 0 Å². The molecule has 0 aromatic heterocycles. The lowest BCUT2D eigenvalue weighted by Crippen LogP contribution is -2.38. The molecule has 1 aromatic rings. The van der Waals surface area contributed by atoms with Crippen molar-refractivity contribution in [2.45, 2.75) is 32.9 Å². The number of aliphatic hydroxyl groups is 1. The average Bonchev–Trinajstić information content (AvgIpc) is 2.42. The summed E-state index contributed by atoms with van der Waals surface area (Å²) < 4.78 is 13.1. The molecule has 1 rings (SSSR count). The minimum Gasteiger partial charge on any atom is -0.390 e. The molecular weight excluding hydrogens is 243 g/mol. The predicted molar refractivity (Wildman–Crippen MR) is 76.6 cm³/mol. The number of hydrogen-bond donors (Lipinski definition) is 2. The van der Waals surface area contributed by atoms with Gasteiger partial charge in [0.25, 0.3) is 0 Å². The molecule has 0 spiro atoms. The van der Waals surface area contributed by atoms with Gasteiger partial charge in [-0.05, 0) is 37.7 Å². The Balaban J connectivity index is 2.39. The second-order valence-electron chi connectivity index (χ2n) is 4.82. The van der Waals surface area contributed by atoms with Gasteiger partial charge in [0, 0.05) is 19.1 Å². The quantitative estimate of drug-likeness (QED) is 0.758. The molecular formula is C15H25FN2O. The number of rotatable bonds is 8. The van der Waals surface area contributed by atoms with E-state index < -0.39 is 6.10 Å². The van der Waals surface area contributed by atoms with Crippen molar-refractivity contribution in [3.8, 4) is 0 Å². The van der Waals surface area contributed by atoms with E-state index in [-0.39, 0.29) is 11.9 Å². The van der Waals surface area contributed by atoms with Crippen LogP contribution in [0.2, 0.25) is 0 Å². The van der Waals surface area contributed by atoms with Crippen LogP contribution in [0.5, 0.6) is 0 Å². The number of aliphatic hydroxyl groups excluding tert-OH is 1. The lowest BCUT2D eigenvalue weighted by atomic mass is 10.1. The molecule has 2 atom stereocenters. The minimum atomic E-state index is -0.407. The van der Waals surface area contributed by atoms with Crippen LogP contribution in [0.3, 0.4) is 0 Å². The SMILES string of the molecule is CCN(CC)CC(O)CN[C@H](C)c1cccc(F)c1. The molecule has 0 bridgehead atoms. The number of nitrogens with one attached hydrogen (secondary N) is 1. The molecule has 0 aliphatic carbocycles. The van der Waals surface area contributed by atoms with Gasteiger partial charge in [0.15, 0.2) is 0 Å². The maximum atomic E-state index is 13.1. The number of nitrogens with zero attached hydrogens (tertiary/aromatic N) is 1. The van der Waals surface area contributed by atoms with E-state index in [0.29, 0.717) is 13.1 Å². The van der Waals surface area contributed by atoms with Crippen LogP contribution in [-0.4, -0.2) is 42.3 Å². The lowest BCUT2D eigenvalue weighted by Gasteiger charge is -2.23. The molecule has 1 aromatic carbocycles. The zero-order chi connectivity index (χ0) is 14.3. The van der Waals surface area contributed by atoms with Crippen molar-refractivity contribution in [3.05, 3.63) is 35.6 Å². The molecule has 3 nitrogen and oxygen atoms in total. The summed E-state index contributed by atoms with van der Waals surface area (Å²) in [6, 6.07) is 6.58. The van der Waals surface area contributed by atoms with E-state index in [1.807, 2.05) is 13.0 Å². The molecule has 0 fully saturated rings. The highest BCUT2D eigenvalue weighted by Gasteiger charge is 2.11. The third-order valence-electron chi connectivity index (χ3n) is 3.37. The highest BCUT2D eigenvalue weighted by molar-refractivity contribution is 5.19. The molecule has 0 radical (unpaired) electrons. The van der Waals surface area contributed by atoms with E-state index in [4.69, 9.17) is 0 Å². The van der Waals surface area contributed by atoms with Crippen LogP contribution >= 0.6 is 0 Å². The Morgan fingerprint density at radius 2 is 2.00 bits per heavy atom. The summed E-state index contributed by atoms with van der Waals surface area (Å²) >= 11 is 0. The Kier molecular flexibility index (Phi) is 6.99. The van der Waals surface area contributed by atoms with Gasteiger partial charge in [-0.1, -0.05) is 26.0 Å². The van der Waals surface area contributed by atoms with Gasteiger partial charge in [-0.3, -0.25) is 0 Å². The van der Waals surface area contributed by atoms with Gasteiger partial charge >= 0.3 is 0 Å². The van der Waals surface area contributed by atoms with Gasteiger partial charge in [-0.15, -0.1) is 0 Å². The Labute approximate surface area is 115 Å². The summed E-state index contributed by atoms with van der Waals surface area (Å²) in [7, 11) is 0. The van der Waals surface area contributed by atoms with E-state index in [2.05, 4.69) is 24.1 Å². The Morgan fingerprint density at radius 1 is 1.32 bits per heavy atom. The predicted octanol–water partition coefficient (Wildman–Crippen LogP) is 2.18. The second kappa shape index (κ2) is 8.25. The van der Waals surface area contributed by atoms with Crippen molar-refractivity contribution >= 4 is 0 Å². The van der Waals surface area contributed by atoms with E-state index >= 15 is 0 Å². The van der Waals surface area contributed by atoms with Crippen LogP contribution in [0.25, 0.3) is 0 Å². The summed E-state index contributed by atoms with van der Waals surface area (Å²) in [5, 5.41) is 13.2. The summed E-state index contributed by atoms with van der Waals surface area (Å²) in [6.07, 6.45) is -0.407. The smallest absolute Gasteiger partial charge is 0.123 e. The third kappa shape index (κ3) is 5.68.